The third-order valence-corrected chi connectivity index (χ3v) is 2.87. The van der Waals surface area contributed by atoms with Crippen LogP contribution in [-0.4, -0.2) is 12.5 Å². The topological polar surface area (TPSA) is 26.0 Å². The van der Waals surface area contributed by atoms with Crippen molar-refractivity contribution in [3.8, 4) is 0 Å². The SMILES string of the molecule is NCC1C[C@@H]2[C@H](C1)C2(F)F. The fraction of sp³-hybridized carbons (Fsp3) is 1.00. The van der Waals surface area contributed by atoms with Gasteiger partial charge in [-0.25, -0.2) is 8.78 Å². The van der Waals surface area contributed by atoms with E-state index >= 15 is 0 Å². The second-order valence-corrected chi connectivity index (χ2v) is 3.46. The molecule has 0 amide bonds. The van der Waals surface area contributed by atoms with Crippen molar-refractivity contribution < 1.29 is 8.78 Å². The maximum Gasteiger partial charge on any atom is 0.254 e. The van der Waals surface area contributed by atoms with Gasteiger partial charge >= 0.3 is 0 Å². The van der Waals surface area contributed by atoms with Gasteiger partial charge in [-0.05, 0) is 25.3 Å². The van der Waals surface area contributed by atoms with Gasteiger partial charge in [-0.1, -0.05) is 0 Å². The Hall–Kier alpha value is -0.180. The van der Waals surface area contributed by atoms with Crippen molar-refractivity contribution in [3.05, 3.63) is 0 Å². The molecule has 2 fully saturated rings. The molecule has 3 heteroatoms. The van der Waals surface area contributed by atoms with Gasteiger partial charge in [-0.3, -0.25) is 0 Å². The Balaban J connectivity index is 1.96. The van der Waals surface area contributed by atoms with Gasteiger partial charge in [-0.2, -0.15) is 0 Å². The molecule has 3 atom stereocenters. The lowest BCUT2D eigenvalue weighted by Gasteiger charge is -2.09. The Bertz CT molecular complexity index is 144. The van der Waals surface area contributed by atoms with E-state index in [0.717, 1.165) is 0 Å². The van der Waals surface area contributed by atoms with Crippen LogP contribution in [0.15, 0.2) is 0 Å². The van der Waals surface area contributed by atoms with Gasteiger partial charge in [0.2, 0.25) is 0 Å². The minimum atomic E-state index is -2.31. The van der Waals surface area contributed by atoms with E-state index in [9.17, 15) is 8.78 Å². The molecule has 1 unspecified atom stereocenters. The molecule has 1 nitrogen and oxygen atoms in total. The molecule has 0 heterocycles. The number of hydrogen-bond donors (Lipinski definition) is 1. The molecular weight excluding hydrogens is 136 g/mol. The maximum absolute atomic E-state index is 12.5. The van der Waals surface area contributed by atoms with E-state index in [1.54, 1.807) is 0 Å². The summed E-state index contributed by atoms with van der Waals surface area (Å²) in [5.74, 6) is -2.54. The van der Waals surface area contributed by atoms with Crippen LogP contribution in [0.5, 0.6) is 0 Å². The maximum atomic E-state index is 12.5. The van der Waals surface area contributed by atoms with Crippen molar-refractivity contribution in [2.24, 2.45) is 23.5 Å². The van der Waals surface area contributed by atoms with Gasteiger partial charge in [0.15, 0.2) is 0 Å². The number of rotatable bonds is 1. The zero-order chi connectivity index (χ0) is 7.35. The summed E-state index contributed by atoms with van der Waals surface area (Å²) in [6.07, 6.45) is 1.32. The van der Waals surface area contributed by atoms with E-state index in [4.69, 9.17) is 5.73 Å². The summed E-state index contributed by atoms with van der Waals surface area (Å²) >= 11 is 0. The van der Waals surface area contributed by atoms with Gasteiger partial charge in [0.25, 0.3) is 5.92 Å². The first kappa shape index (κ1) is 6.53. The molecule has 0 spiro atoms. The van der Waals surface area contributed by atoms with Crippen LogP contribution in [0.3, 0.4) is 0 Å². The monoisotopic (exact) mass is 147 g/mol. The van der Waals surface area contributed by atoms with Crippen molar-refractivity contribution in [1.82, 2.24) is 0 Å². The summed E-state index contributed by atoms with van der Waals surface area (Å²) in [6.45, 7) is 0.586. The molecule has 2 aliphatic carbocycles. The lowest BCUT2D eigenvalue weighted by molar-refractivity contribution is 0.0646. The number of hydrogen-bond acceptors (Lipinski definition) is 1. The van der Waals surface area contributed by atoms with Crippen molar-refractivity contribution in [1.29, 1.82) is 0 Å². The van der Waals surface area contributed by atoms with E-state index in [2.05, 4.69) is 0 Å². The molecule has 0 radical (unpaired) electrons. The van der Waals surface area contributed by atoms with Crippen LogP contribution >= 0.6 is 0 Å². The average Bonchev–Trinajstić information content (AvgIpc) is 2.37. The minimum absolute atomic E-state index is 0.305. The van der Waals surface area contributed by atoms with Gasteiger partial charge in [0, 0.05) is 11.8 Å². The fourth-order valence-electron chi connectivity index (χ4n) is 2.11. The van der Waals surface area contributed by atoms with Crippen LogP contribution in [0.25, 0.3) is 0 Å². The van der Waals surface area contributed by atoms with Crippen LogP contribution in [-0.2, 0) is 0 Å². The summed E-state index contributed by atoms with van der Waals surface area (Å²) in [5, 5.41) is 0. The predicted molar refractivity (Wildman–Crippen MR) is 33.7 cm³/mol. The lowest BCUT2D eigenvalue weighted by Crippen LogP contribution is -2.16. The summed E-state index contributed by atoms with van der Waals surface area (Å²) in [6, 6.07) is 0. The van der Waals surface area contributed by atoms with E-state index in [-0.39, 0.29) is 11.8 Å². The minimum Gasteiger partial charge on any atom is -0.330 e. The zero-order valence-corrected chi connectivity index (χ0v) is 5.69. The highest BCUT2D eigenvalue weighted by molar-refractivity contribution is 5.10. The standard InChI is InChI=1S/C7H11F2N/c8-7(9)5-1-4(3-10)2-6(5)7/h4-6H,1-3,10H2/t4?,5-,6+. The Labute approximate surface area is 58.6 Å². The van der Waals surface area contributed by atoms with E-state index in [0.29, 0.717) is 25.3 Å². The highest BCUT2D eigenvalue weighted by Gasteiger charge is 2.71. The molecule has 0 aliphatic heterocycles. The molecule has 0 aromatic rings. The summed E-state index contributed by atoms with van der Waals surface area (Å²) in [5.41, 5.74) is 5.36. The molecule has 2 rings (SSSR count). The van der Waals surface area contributed by atoms with E-state index < -0.39 is 5.92 Å². The van der Waals surface area contributed by atoms with Gasteiger partial charge in [0.1, 0.15) is 0 Å². The van der Waals surface area contributed by atoms with Crippen LogP contribution < -0.4 is 5.73 Å². The zero-order valence-electron chi connectivity index (χ0n) is 5.69. The molecule has 10 heavy (non-hydrogen) atoms. The second-order valence-electron chi connectivity index (χ2n) is 3.46. The highest BCUT2D eigenvalue weighted by atomic mass is 19.3. The number of fused-ring (bicyclic) bond motifs is 1. The first-order valence-electron chi connectivity index (χ1n) is 3.74. The molecule has 0 saturated heterocycles. The third-order valence-electron chi connectivity index (χ3n) is 2.87. The Morgan fingerprint density at radius 1 is 1.30 bits per heavy atom. The normalized spacial score (nSPS) is 48.9. The molecular formula is C7H11F2N. The average molecular weight is 147 g/mol. The largest absolute Gasteiger partial charge is 0.330 e. The van der Waals surface area contributed by atoms with Crippen molar-refractivity contribution in [2.75, 3.05) is 6.54 Å². The Morgan fingerprint density at radius 2 is 1.80 bits per heavy atom. The first-order valence-corrected chi connectivity index (χ1v) is 3.74. The summed E-state index contributed by atoms with van der Waals surface area (Å²) < 4.78 is 25.0. The summed E-state index contributed by atoms with van der Waals surface area (Å²) in [7, 11) is 0. The lowest BCUT2D eigenvalue weighted by atomic mass is 10.0. The molecule has 2 N–H and O–H groups in total. The van der Waals surface area contributed by atoms with E-state index in [1.807, 2.05) is 0 Å². The Morgan fingerprint density at radius 3 is 2.20 bits per heavy atom. The highest BCUT2D eigenvalue weighted by Crippen LogP contribution is 2.65. The van der Waals surface area contributed by atoms with Gasteiger partial charge < -0.3 is 5.73 Å². The van der Waals surface area contributed by atoms with Crippen LogP contribution in [0.2, 0.25) is 0 Å². The number of halogens is 2. The molecule has 0 aromatic heterocycles. The third kappa shape index (κ3) is 0.641. The van der Waals surface area contributed by atoms with Gasteiger partial charge in [-0.15, -0.1) is 0 Å². The Kier molecular flexibility index (Phi) is 1.11. The number of alkyl halides is 2. The molecule has 58 valence electrons. The van der Waals surface area contributed by atoms with Gasteiger partial charge in [0.05, 0.1) is 0 Å². The first-order chi connectivity index (χ1) is 4.66. The molecule has 0 bridgehead atoms. The summed E-state index contributed by atoms with van der Waals surface area (Å²) in [4.78, 5) is 0. The van der Waals surface area contributed by atoms with E-state index in [1.165, 1.54) is 0 Å². The second kappa shape index (κ2) is 1.70. The number of nitrogens with two attached hydrogens (primary N) is 1. The van der Waals surface area contributed by atoms with Crippen molar-refractivity contribution in [2.45, 2.75) is 18.8 Å². The fourth-order valence-corrected chi connectivity index (χ4v) is 2.11. The van der Waals surface area contributed by atoms with Crippen LogP contribution in [0, 0.1) is 17.8 Å². The van der Waals surface area contributed by atoms with Crippen molar-refractivity contribution in [3.63, 3.8) is 0 Å². The quantitative estimate of drug-likeness (QED) is 0.593. The predicted octanol–water partition coefficient (Wildman–Crippen LogP) is 1.24. The molecule has 2 aliphatic rings. The van der Waals surface area contributed by atoms with Crippen molar-refractivity contribution >= 4 is 0 Å². The molecule has 0 aromatic carbocycles. The smallest absolute Gasteiger partial charge is 0.254 e. The molecule has 2 saturated carbocycles. The van der Waals surface area contributed by atoms with Crippen LogP contribution in [0.1, 0.15) is 12.8 Å². The van der Waals surface area contributed by atoms with Crippen LogP contribution in [0.4, 0.5) is 8.78 Å².